The normalized spacial score (nSPS) is 10.7. The van der Waals surface area contributed by atoms with E-state index < -0.39 is 10.4 Å². The third kappa shape index (κ3) is 4.83. The van der Waals surface area contributed by atoms with E-state index >= 15 is 0 Å². The Morgan fingerprint density at radius 2 is 1.81 bits per heavy atom. The first-order valence-electron chi connectivity index (χ1n) is 4.37. The largest absolute Gasteiger partial charge is 0.394 e. The summed E-state index contributed by atoms with van der Waals surface area (Å²) in [5.74, 6) is 0. The number of hydrogen-bond donors (Lipinski definition) is 2. The lowest BCUT2D eigenvalue weighted by molar-refractivity contribution is 0.381. The summed E-state index contributed by atoms with van der Waals surface area (Å²) in [6, 6.07) is 10.3. The number of benzene rings is 1. The standard InChI is InChI=1S/C10H9N.H2O4S/c1-8-4-5-9-3-2-6-11-10(9)7-8;1-5(2,3)4/h2-7H,1H3;(H2,1,2,3,4). The molecule has 0 radical (unpaired) electrons. The van der Waals surface area contributed by atoms with Gasteiger partial charge in [-0.25, -0.2) is 0 Å². The van der Waals surface area contributed by atoms with Crippen molar-refractivity contribution in [3.63, 3.8) is 0 Å². The average molecular weight is 241 g/mol. The molecule has 5 nitrogen and oxygen atoms in total. The van der Waals surface area contributed by atoms with Crippen LogP contribution in [0.25, 0.3) is 10.9 Å². The van der Waals surface area contributed by atoms with Gasteiger partial charge in [0.2, 0.25) is 0 Å². The molecule has 0 spiro atoms. The quantitative estimate of drug-likeness (QED) is 0.688. The Labute approximate surface area is 93.3 Å². The average Bonchev–Trinajstić information content (AvgIpc) is 2.15. The summed E-state index contributed by atoms with van der Waals surface area (Å²) in [4.78, 5) is 4.24. The molecule has 0 fully saturated rings. The van der Waals surface area contributed by atoms with Crippen LogP contribution >= 0.6 is 0 Å². The molecule has 86 valence electrons. The fourth-order valence-corrected chi connectivity index (χ4v) is 1.18. The van der Waals surface area contributed by atoms with Crippen molar-refractivity contribution in [3.05, 3.63) is 42.1 Å². The fourth-order valence-electron chi connectivity index (χ4n) is 1.18. The van der Waals surface area contributed by atoms with E-state index in [1.807, 2.05) is 12.3 Å². The van der Waals surface area contributed by atoms with Crippen molar-refractivity contribution < 1.29 is 17.5 Å². The van der Waals surface area contributed by atoms with Crippen LogP contribution in [0.1, 0.15) is 5.56 Å². The highest BCUT2D eigenvalue weighted by Crippen LogP contribution is 2.11. The second-order valence-corrected chi connectivity index (χ2v) is 4.04. The summed E-state index contributed by atoms with van der Waals surface area (Å²) in [5, 5.41) is 1.21. The summed E-state index contributed by atoms with van der Waals surface area (Å²) in [6.45, 7) is 2.08. The van der Waals surface area contributed by atoms with E-state index in [4.69, 9.17) is 17.5 Å². The zero-order valence-electron chi connectivity index (χ0n) is 8.53. The third-order valence-corrected chi connectivity index (χ3v) is 1.76. The van der Waals surface area contributed by atoms with Crippen LogP contribution in [-0.2, 0) is 10.4 Å². The molecule has 0 unspecified atom stereocenters. The van der Waals surface area contributed by atoms with Crippen molar-refractivity contribution in [2.24, 2.45) is 0 Å². The van der Waals surface area contributed by atoms with Crippen molar-refractivity contribution in [2.45, 2.75) is 6.92 Å². The summed E-state index contributed by atoms with van der Waals surface area (Å²) in [5.41, 5.74) is 2.34. The first kappa shape index (κ1) is 12.6. The SMILES string of the molecule is Cc1ccc2cccnc2c1.O=S(=O)(O)O. The number of aromatic nitrogens is 1. The highest BCUT2D eigenvalue weighted by Gasteiger charge is 1.90. The molecule has 2 rings (SSSR count). The van der Waals surface area contributed by atoms with Gasteiger partial charge < -0.3 is 0 Å². The van der Waals surface area contributed by atoms with Gasteiger partial charge in [0.25, 0.3) is 0 Å². The smallest absolute Gasteiger partial charge is 0.264 e. The lowest BCUT2D eigenvalue weighted by Gasteiger charge is -1.95. The van der Waals surface area contributed by atoms with Crippen LogP contribution in [0, 0.1) is 6.92 Å². The summed E-state index contributed by atoms with van der Waals surface area (Å²) >= 11 is 0. The molecule has 16 heavy (non-hydrogen) atoms. The van der Waals surface area contributed by atoms with Crippen molar-refractivity contribution >= 4 is 21.3 Å². The van der Waals surface area contributed by atoms with Gasteiger partial charge in [0, 0.05) is 11.6 Å². The summed E-state index contributed by atoms with van der Waals surface area (Å²) < 4.78 is 31.6. The summed E-state index contributed by atoms with van der Waals surface area (Å²) in [6.07, 6.45) is 1.82. The highest BCUT2D eigenvalue weighted by molar-refractivity contribution is 7.79. The third-order valence-electron chi connectivity index (χ3n) is 1.76. The minimum absolute atomic E-state index is 1.08. The molecular formula is C10H11NO4S. The lowest BCUT2D eigenvalue weighted by Crippen LogP contribution is -1.89. The van der Waals surface area contributed by atoms with Crippen molar-refractivity contribution in [3.8, 4) is 0 Å². The molecule has 0 amide bonds. The second kappa shape index (κ2) is 5.02. The molecule has 2 N–H and O–H groups in total. The molecule has 1 aromatic carbocycles. The number of fused-ring (bicyclic) bond motifs is 1. The molecule has 0 saturated carbocycles. The monoisotopic (exact) mass is 241 g/mol. The Morgan fingerprint density at radius 1 is 1.19 bits per heavy atom. The topological polar surface area (TPSA) is 87.5 Å². The molecule has 0 aliphatic carbocycles. The molecule has 0 atom stereocenters. The first-order chi connectivity index (χ1) is 7.36. The predicted molar refractivity (Wildman–Crippen MR) is 60.7 cm³/mol. The van der Waals surface area contributed by atoms with E-state index in [1.54, 1.807) is 0 Å². The highest BCUT2D eigenvalue weighted by atomic mass is 32.3. The molecule has 0 aliphatic rings. The Bertz CT molecular complexity index is 572. The van der Waals surface area contributed by atoms with Crippen molar-refractivity contribution in [1.82, 2.24) is 4.98 Å². The van der Waals surface area contributed by atoms with Crippen LogP contribution in [0.4, 0.5) is 0 Å². The molecule has 6 heteroatoms. The Balaban J connectivity index is 0.000000221. The van der Waals surface area contributed by atoms with Crippen LogP contribution < -0.4 is 0 Å². The number of nitrogens with zero attached hydrogens (tertiary/aromatic N) is 1. The van der Waals surface area contributed by atoms with E-state index in [9.17, 15) is 0 Å². The lowest BCUT2D eigenvalue weighted by atomic mass is 10.1. The Kier molecular flexibility index (Phi) is 3.94. The van der Waals surface area contributed by atoms with E-state index in [1.165, 1.54) is 10.9 Å². The van der Waals surface area contributed by atoms with Crippen LogP contribution in [0.3, 0.4) is 0 Å². The predicted octanol–water partition coefficient (Wildman–Crippen LogP) is 1.89. The molecule has 0 aliphatic heterocycles. The maximum atomic E-state index is 8.74. The van der Waals surface area contributed by atoms with E-state index in [0.29, 0.717) is 0 Å². The number of aryl methyl sites for hydroxylation is 1. The zero-order chi connectivity index (χ0) is 12.2. The van der Waals surface area contributed by atoms with Gasteiger partial charge in [-0.3, -0.25) is 14.1 Å². The van der Waals surface area contributed by atoms with E-state index in [-0.39, 0.29) is 0 Å². The molecule has 1 heterocycles. The van der Waals surface area contributed by atoms with Crippen LogP contribution in [0.2, 0.25) is 0 Å². The second-order valence-electron chi connectivity index (χ2n) is 3.15. The maximum absolute atomic E-state index is 8.74. The molecule has 2 aromatic rings. The van der Waals surface area contributed by atoms with Crippen LogP contribution in [0.5, 0.6) is 0 Å². The van der Waals surface area contributed by atoms with Gasteiger partial charge in [-0.1, -0.05) is 18.2 Å². The number of pyridine rings is 1. The minimum atomic E-state index is -4.67. The van der Waals surface area contributed by atoms with Gasteiger partial charge in [0.05, 0.1) is 5.52 Å². The Hall–Kier alpha value is -1.50. The maximum Gasteiger partial charge on any atom is 0.394 e. The molecule has 1 aromatic heterocycles. The minimum Gasteiger partial charge on any atom is -0.264 e. The Morgan fingerprint density at radius 3 is 2.44 bits per heavy atom. The van der Waals surface area contributed by atoms with Crippen molar-refractivity contribution in [1.29, 1.82) is 0 Å². The molecule has 0 saturated heterocycles. The summed E-state index contributed by atoms with van der Waals surface area (Å²) in [7, 11) is -4.67. The first-order valence-corrected chi connectivity index (χ1v) is 5.77. The van der Waals surface area contributed by atoms with Gasteiger partial charge >= 0.3 is 10.4 Å². The van der Waals surface area contributed by atoms with Crippen LogP contribution in [-0.4, -0.2) is 22.5 Å². The van der Waals surface area contributed by atoms with Crippen molar-refractivity contribution in [2.75, 3.05) is 0 Å². The van der Waals surface area contributed by atoms with Gasteiger partial charge in [0.1, 0.15) is 0 Å². The van der Waals surface area contributed by atoms with E-state index in [0.717, 1.165) is 5.52 Å². The van der Waals surface area contributed by atoms with Crippen LogP contribution in [0.15, 0.2) is 36.5 Å². The van der Waals surface area contributed by atoms with Gasteiger partial charge in [0.15, 0.2) is 0 Å². The number of rotatable bonds is 0. The fraction of sp³-hybridized carbons (Fsp3) is 0.100. The van der Waals surface area contributed by atoms with E-state index in [2.05, 4.69) is 36.2 Å². The van der Waals surface area contributed by atoms with Gasteiger partial charge in [-0.2, -0.15) is 8.42 Å². The number of hydrogen-bond acceptors (Lipinski definition) is 3. The van der Waals surface area contributed by atoms with Gasteiger partial charge in [-0.15, -0.1) is 0 Å². The molecular weight excluding hydrogens is 230 g/mol. The molecule has 0 bridgehead atoms. The van der Waals surface area contributed by atoms with Gasteiger partial charge in [-0.05, 0) is 24.6 Å². The zero-order valence-corrected chi connectivity index (χ0v) is 9.35.